The van der Waals surface area contributed by atoms with E-state index in [9.17, 15) is 0 Å². The number of nitrogens with zero attached hydrogens (tertiary/aromatic N) is 3. The Labute approximate surface area is 200 Å². The molecule has 3 aromatic heterocycles. The van der Waals surface area contributed by atoms with Gasteiger partial charge in [-0.15, -0.1) is 0 Å². The van der Waals surface area contributed by atoms with Gasteiger partial charge in [0.1, 0.15) is 0 Å². The summed E-state index contributed by atoms with van der Waals surface area (Å²) in [4.78, 5) is 8.66. The van der Waals surface area contributed by atoms with Gasteiger partial charge in [-0.2, -0.15) is 0 Å². The topological polar surface area (TPSA) is 38.0 Å². The summed E-state index contributed by atoms with van der Waals surface area (Å²) >= 11 is 0. The van der Waals surface area contributed by atoms with E-state index in [-0.39, 0.29) is 0 Å². The summed E-state index contributed by atoms with van der Waals surface area (Å²) in [5.74, 6) is 0.927. The largest absolute Gasteiger partial charge is 0.355 e. The molecule has 5 aromatic carbocycles. The number of aromatic amines is 1. The molecule has 0 aliphatic rings. The Morgan fingerprint density at radius 2 is 1.26 bits per heavy atom. The molecule has 8 rings (SSSR count). The summed E-state index contributed by atoms with van der Waals surface area (Å²) in [6.07, 6.45) is 0. The highest BCUT2D eigenvalue weighted by atomic mass is 15.2. The number of imidazole rings is 2. The lowest BCUT2D eigenvalue weighted by Crippen LogP contribution is -1.94. The van der Waals surface area contributed by atoms with Gasteiger partial charge in [-0.1, -0.05) is 60.7 Å². The molecule has 0 atom stereocenters. The quantitative estimate of drug-likeness (QED) is 0.289. The van der Waals surface area contributed by atoms with Crippen LogP contribution in [0.25, 0.3) is 66.5 Å². The highest BCUT2D eigenvalue weighted by molar-refractivity contribution is 6.08. The number of hydrogen-bond acceptors (Lipinski definition) is 1. The summed E-state index contributed by atoms with van der Waals surface area (Å²) < 4.78 is 4.51. The average molecular weight is 449 g/mol. The number of rotatable bonds is 2. The van der Waals surface area contributed by atoms with Crippen LogP contribution in [0.5, 0.6) is 0 Å². The van der Waals surface area contributed by atoms with Gasteiger partial charge in [-0.25, -0.2) is 4.98 Å². The zero-order valence-electron chi connectivity index (χ0n) is 18.8. The van der Waals surface area contributed by atoms with Gasteiger partial charge in [0, 0.05) is 27.5 Å². The van der Waals surface area contributed by atoms with Gasteiger partial charge in [-0.3, -0.25) is 8.97 Å². The normalized spacial score (nSPS) is 12.0. The SMILES string of the molecule is c1ccc(-n2c3ccccc3n3c4ccc(-c5ccc6[nH]c7ccccc7c6c5)cc4nc23)cc1. The van der Waals surface area contributed by atoms with Crippen LogP contribution >= 0.6 is 0 Å². The van der Waals surface area contributed by atoms with E-state index in [1.54, 1.807) is 0 Å². The molecule has 0 aliphatic heterocycles. The van der Waals surface area contributed by atoms with Crippen LogP contribution < -0.4 is 0 Å². The van der Waals surface area contributed by atoms with Crippen molar-refractivity contribution < 1.29 is 0 Å². The highest BCUT2D eigenvalue weighted by Crippen LogP contribution is 2.33. The van der Waals surface area contributed by atoms with E-state index in [2.05, 4.69) is 123 Å². The summed E-state index contributed by atoms with van der Waals surface area (Å²) in [7, 11) is 0. The predicted octanol–water partition coefficient (Wildman–Crippen LogP) is 7.73. The molecule has 8 aromatic rings. The maximum absolute atomic E-state index is 5.14. The minimum Gasteiger partial charge on any atom is -0.355 e. The number of nitrogens with one attached hydrogen (secondary N) is 1. The molecule has 35 heavy (non-hydrogen) atoms. The van der Waals surface area contributed by atoms with Gasteiger partial charge < -0.3 is 4.98 Å². The highest BCUT2D eigenvalue weighted by Gasteiger charge is 2.17. The van der Waals surface area contributed by atoms with Crippen molar-refractivity contribution in [1.29, 1.82) is 0 Å². The van der Waals surface area contributed by atoms with Crippen molar-refractivity contribution in [2.24, 2.45) is 0 Å². The van der Waals surface area contributed by atoms with Crippen LogP contribution in [0.4, 0.5) is 0 Å². The standard InChI is InChI=1S/C31H20N4/c1-2-8-22(9-3-1)34-29-12-6-7-13-30(29)35-28-17-15-21(19-27(28)33-31(34)35)20-14-16-26-24(18-20)23-10-4-5-11-25(23)32-26/h1-19,32H. The van der Waals surface area contributed by atoms with Gasteiger partial charge in [0.05, 0.1) is 22.1 Å². The van der Waals surface area contributed by atoms with Crippen molar-refractivity contribution in [3.8, 4) is 16.8 Å². The van der Waals surface area contributed by atoms with Gasteiger partial charge in [-0.05, 0) is 65.7 Å². The molecule has 0 saturated heterocycles. The summed E-state index contributed by atoms with van der Waals surface area (Å²) in [6.45, 7) is 0. The number of fused-ring (bicyclic) bond motifs is 8. The Bertz CT molecular complexity index is 2050. The van der Waals surface area contributed by atoms with Gasteiger partial charge in [0.15, 0.2) is 0 Å². The van der Waals surface area contributed by atoms with E-state index in [0.717, 1.165) is 39.0 Å². The molecule has 0 saturated carbocycles. The Hall–Kier alpha value is -4.83. The third-order valence-corrected chi connectivity index (χ3v) is 7.05. The maximum atomic E-state index is 5.14. The fourth-order valence-corrected chi connectivity index (χ4v) is 5.44. The maximum Gasteiger partial charge on any atom is 0.220 e. The Morgan fingerprint density at radius 1 is 0.543 bits per heavy atom. The number of H-pyrrole nitrogens is 1. The molecular weight excluding hydrogens is 428 g/mol. The van der Waals surface area contributed by atoms with Crippen molar-refractivity contribution in [2.45, 2.75) is 0 Å². The zero-order chi connectivity index (χ0) is 22.9. The lowest BCUT2D eigenvalue weighted by atomic mass is 10.0. The Kier molecular flexibility index (Phi) is 3.63. The second-order valence-corrected chi connectivity index (χ2v) is 9.04. The molecule has 4 heteroatoms. The van der Waals surface area contributed by atoms with Crippen LogP contribution in [-0.4, -0.2) is 18.9 Å². The van der Waals surface area contributed by atoms with Crippen molar-refractivity contribution in [1.82, 2.24) is 18.9 Å². The molecule has 0 bridgehead atoms. The van der Waals surface area contributed by atoms with Crippen LogP contribution in [0.2, 0.25) is 0 Å². The first-order chi connectivity index (χ1) is 17.3. The molecule has 0 amide bonds. The third kappa shape index (κ3) is 2.59. The molecule has 0 fully saturated rings. The molecule has 0 radical (unpaired) electrons. The van der Waals surface area contributed by atoms with Gasteiger partial charge >= 0.3 is 0 Å². The smallest absolute Gasteiger partial charge is 0.220 e. The summed E-state index contributed by atoms with van der Waals surface area (Å²) in [5.41, 5.74) is 10.2. The molecule has 4 nitrogen and oxygen atoms in total. The number of aromatic nitrogens is 4. The second-order valence-electron chi connectivity index (χ2n) is 9.04. The minimum atomic E-state index is 0.927. The molecule has 0 aliphatic carbocycles. The molecule has 0 unspecified atom stereocenters. The van der Waals surface area contributed by atoms with E-state index in [4.69, 9.17) is 4.98 Å². The van der Waals surface area contributed by atoms with Crippen LogP contribution in [0, 0.1) is 0 Å². The lowest BCUT2D eigenvalue weighted by molar-refractivity contribution is 1.11. The third-order valence-electron chi connectivity index (χ3n) is 7.05. The van der Waals surface area contributed by atoms with Crippen molar-refractivity contribution in [3.05, 3.63) is 115 Å². The molecular formula is C31H20N4. The van der Waals surface area contributed by atoms with Crippen molar-refractivity contribution in [3.63, 3.8) is 0 Å². The van der Waals surface area contributed by atoms with E-state index in [1.165, 1.54) is 27.4 Å². The van der Waals surface area contributed by atoms with E-state index in [0.29, 0.717) is 0 Å². The second kappa shape index (κ2) is 6.84. The number of benzene rings is 5. The summed E-state index contributed by atoms with van der Waals surface area (Å²) in [5, 5.41) is 2.50. The van der Waals surface area contributed by atoms with Gasteiger partial charge in [0.2, 0.25) is 5.78 Å². The number of hydrogen-bond donors (Lipinski definition) is 1. The minimum absolute atomic E-state index is 0.927. The first kappa shape index (κ1) is 18.6. The zero-order valence-corrected chi connectivity index (χ0v) is 18.8. The molecule has 1 N–H and O–H groups in total. The number of para-hydroxylation sites is 4. The molecule has 0 spiro atoms. The Balaban J connectivity index is 1.38. The predicted molar refractivity (Wildman–Crippen MR) is 144 cm³/mol. The molecule has 164 valence electrons. The first-order valence-electron chi connectivity index (χ1n) is 11.8. The molecule has 3 heterocycles. The lowest BCUT2D eigenvalue weighted by Gasteiger charge is -2.04. The first-order valence-corrected chi connectivity index (χ1v) is 11.8. The summed E-state index contributed by atoms with van der Waals surface area (Å²) in [6, 6.07) is 40.7. The van der Waals surface area contributed by atoms with Gasteiger partial charge in [0.25, 0.3) is 0 Å². The van der Waals surface area contributed by atoms with E-state index < -0.39 is 0 Å². The average Bonchev–Trinajstić information content (AvgIpc) is 3.56. The fourth-order valence-electron chi connectivity index (χ4n) is 5.44. The van der Waals surface area contributed by atoms with Crippen LogP contribution in [0.1, 0.15) is 0 Å². The monoisotopic (exact) mass is 448 g/mol. The van der Waals surface area contributed by atoms with Crippen LogP contribution in [-0.2, 0) is 0 Å². The van der Waals surface area contributed by atoms with Crippen molar-refractivity contribution in [2.75, 3.05) is 0 Å². The van der Waals surface area contributed by atoms with E-state index in [1.807, 2.05) is 6.07 Å². The van der Waals surface area contributed by atoms with E-state index >= 15 is 0 Å². The van der Waals surface area contributed by atoms with Crippen LogP contribution in [0.3, 0.4) is 0 Å². The van der Waals surface area contributed by atoms with Crippen LogP contribution in [0.15, 0.2) is 115 Å². The fraction of sp³-hybridized carbons (Fsp3) is 0. The van der Waals surface area contributed by atoms with Crippen molar-refractivity contribution >= 4 is 49.7 Å². The Morgan fingerprint density at radius 3 is 2.17 bits per heavy atom.